The van der Waals surface area contributed by atoms with Crippen LogP contribution in [0, 0.1) is 6.92 Å². The highest BCUT2D eigenvalue weighted by Gasteiger charge is 2.11. The van der Waals surface area contributed by atoms with Crippen LogP contribution >= 0.6 is 0 Å². The molecule has 5 nitrogen and oxygen atoms in total. The van der Waals surface area contributed by atoms with E-state index in [2.05, 4.69) is 53.4 Å². The molecule has 0 aliphatic rings. The maximum Gasteiger partial charge on any atom is 0.135 e. The van der Waals surface area contributed by atoms with E-state index in [4.69, 9.17) is 0 Å². The minimum absolute atomic E-state index is 0.350. The normalized spacial score (nSPS) is 12.6. The van der Waals surface area contributed by atoms with Gasteiger partial charge in [0, 0.05) is 31.6 Å². The first-order valence-electron chi connectivity index (χ1n) is 6.44. The van der Waals surface area contributed by atoms with Crippen LogP contribution in [-0.2, 0) is 6.42 Å². The van der Waals surface area contributed by atoms with Gasteiger partial charge in [-0.1, -0.05) is 6.92 Å². The SMILES string of the molecule is CCc1nc(NC)c(C)c(NC(C)CN(C)C)n1. The Morgan fingerprint density at radius 1 is 1.22 bits per heavy atom. The Labute approximate surface area is 110 Å². The number of nitrogens with zero attached hydrogens (tertiary/aromatic N) is 3. The van der Waals surface area contributed by atoms with Crippen LogP contribution in [-0.4, -0.2) is 48.6 Å². The molecular formula is C13H25N5. The maximum atomic E-state index is 4.57. The third-order valence-electron chi connectivity index (χ3n) is 2.77. The third kappa shape index (κ3) is 3.84. The van der Waals surface area contributed by atoms with Crippen molar-refractivity contribution >= 4 is 11.6 Å². The van der Waals surface area contributed by atoms with E-state index >= 15 is 0 Å². The standard InChI is InChI=1S/C13H25N5/c1-7-11-16-12(14-4)10(3)13(17-11)15-9(2)8-18(5)6/h9H,7-8H2,1-6H3,(H2,14,15,16,17). The van der Waals surface area contributed by atoms with Crippen LogP contribution in [0.3, 0.4) is 0 Å². The van der Waals surface area contributed by atoms with E-state index in [0.29, 0.717) is 6.04 Å². The summed E-state index contributed by atoms with van der Waals surface area (Å²) in [5, 5.41) is 6.58. The van der Waals surface area contributed by atoms with E-state index in [-0.39, 0.29) is 0 Å². The number of likely N-dealkylation sites (N-methyl/N-ethyl adjacent to an activating group) is 1. The van der Waals surface area contributed by atoms with Gasteiger partial charge in [0.25, 0.3) is 0 Å². The van der Waals surface area contributed by atoms with Gasteiger partial charge in [-0.25, -0.2) is 9.97 Å². The van der Waals surface area contributed by atoms with Gasteiger partial charge in [0.05, 0.1) is 0 Å². The Bertz CT molecular complexity index is 389. The predicted molar refractivity (Wildman–Crippen MR) is 77.3 cm³/mol. The van der Waals surface area contributed by atoms with Gasteiger partial charge in [-0.2, -0.15) is 0 Å². The zero-order valence-corrected chi connectivity index (χ0v) is 12.3. The van der Waals surface area contributed by atoms with Crippen molar-refractivity contribution in [2.24, 2.45) is 0 Å². The van der Waals surface area contributed by atoms with E-state index in [1.165, 1.54) is 0 Å². The molecule has 1 atom stereocenters. The molecule has 0 aromatic carbocycles. The van der Waals surface area contributed by atoms with Gasteiger partial charge in [0.2, 0.25) is 0 Å². The summed E-state index contributed by atoms with van der Waals surface area (Å²) in [6, 6.07) is 0.350. The molecule has 1 aromatic rings. The summed E-state index contributed by atoms with van der Waals surface area (Å²) >= 11 is 0. The number of nitrogens with one attached hydrogen (secondary N) is 2. The van der Waals surface area contributed by atoms with E-state index < -0.39 is 0 Å². The maximum absolute atomic E-state index is 4.57. The molecule has 18 heavy (non-hydrogen) atoms. The van der Waals surface area contributed by atoms with E-state index in [0.717, 1.165) is 36.0 Å². The van der Waals surface area contributed by atoms with Crippen LogP contribution in [0.1, 0.15) is 25.2 Å². The first kappa shape index (κ1) is 14.7. The molecule has 0 saturated carbocycles. The number of rotatable bonds is 6. The van der Waals surface area contributed by atoms with Gasteiger partial charge in [-0.15, -0.1) is 0 Å². The van der Waals surface area contributed by atoms with Crippen LogP contribution in [0.25, 0.3) is 0 Å². The summed E-state index contributed by atoms with van der Waals surface area (Å²) in [4.78, 5) is 11.2. The number of hydrogen-bond donors (Lipinski definition) is 2. The second-order valence-corrected chi connectivity index (χ2v) is 4.87. The van der Waals surface area contributed by atoms with Gasteiger partial charge >= 0.3 is 0 Å². The van der Waals surface area contributed by atoms with E-state index in [9.17, 15) is 0 Å². The zero-order valence-electron chi connectivity index (χ0n) is 12.3. The van der Waals surface area contributed by atoms with Gasteiger partial charge in [-0.05, 0) is 27.9 Å². The van der Waals surface area contributed by atoms with Crippen molar-refractivity contribution in [1.82, 2.24) is 14.9 Å². The molecule has 1 rings (SSSR count). The quantitative estimate of drug-likeness (QED) is 0.807. The van der Waals surface area contributed by atoms with Gasteiger partial charge in [0.1, 0.15) is 17.5 Å². The smallest absolute Gasteiger partial charge is 0.135 e. The molecule has 102 valence electrons. The Hall–Kier alpha value is -1.36. The number of anilines is 2. The summed E-state index contributed by atoms with van der Waals surface area (Å²) < 4.78 is 0. The molecule has 0 amide bonds. The van der Waals surface area contributed by atoms with Crippen LogP contribution in [0.2, 0.25) is 0 Å². The van der Waals surface area contributed by atoms with Gasteiger partial charge in [0.15, 0.2) is 0 Å². The molecule has 5 heteroatoms. The molecule has 0 aliphatic carbocycles. The largest absolute Gasteiger partial charge is 0.373 e. The molecule has 0 saturated heterocycles. The molecule has 0 aliphatic heterocycles. The lowest BCUT2D eigenvalue weighted by Gasteiger charge is -2.21. The summed E-state index contributed by atoms with van der Waals surface area (Å²) in [6.07, 6.45) is 0.839. The second-order valence-electron chi connectivity index (χ2n) is 4.87. The van der Waals surface area contributed by atoms with E-state index in [1.807, 2.05) is 14.0 Å². The number of aromatic nitrogens is 2. The molecule has 1 heterocycles. The molecule has 0 fully saturated rings. The average molecular weight is 251 g/mol. The summed E-state index contributed by atoms with van der Waals surface area (Å²) in [7, 11) is 6.03. The molecule has 1 unspecified atom stereocenters. The highest BCUT2D eigenvalue weighted by molar-refractivity contribution is 5.57. The minimum Gasteiger partial charge on any atom is -0.373 e. The minimum atomic E-state index is 0.350. The third-order valence-corrected chi connectivity index (χ3v) is 2.77. The molecule has 0 bridgehead atoms. The van der Waals surface area contributed by atoms with Crippen molar-refractivity contribution < 1.29 is 0 Å². The first-order chi connectivity index (χ1) is 8.47. The van der Waals surface area contributed by atoms with Crippen LogP contribution in [0.5, 0.6) is 0 Å². The van der Waals surface area contributed by atoms with Crippen LogP contribution < -0.4 is 10.6 Å². The summed E-state index contributed by atoms with van der Waals surface area (Å²) in [5.41, 5.74) is 1.07. The Balaban J connectivity index is 2.93. The highest BCUT2D eigenvalue weighted by atomic mass is 15.1. The molecule has 1 aromatic heterocycles. The lowest BCUT2D eigenvalue weighted by molar-refractivity contribution is 0.392. The Morgan fingerprint density at radius 3 is 2.33 bits per heavy atom. The van der Waals surface area contributed by atoms with Crippen molar-refractivity contribution in [3.05, 3.63) is 11.4 Å². The second kappa shape index (κ2) is 6.54. The summed E-state index contributed by atoms with van der Waals surface area (Å²) in [5.74, 6) is 2.70. The zero-order chi connectivity index (χ0) is 13.7. The van der Waals surface area contributed by atoms with Gasteiger partial charge < -0.3 is 15.5 Å². The van der Waals surface area contributed by atoms with Crippen molar-refractivity contribution in [3.63, 3.8) is 0 Å². The Kier molecular flexibility index (Phi) is 5.34. The van der Waals surface area contributed by atoms with Crippen molar-refractivity contribution in [2.45, 2.75) is 33.2 Å². The number of aryl methyl sites for hydroxylation is 1. The van der Waals surface area contributed by atoms with Crippen molar-refractivity contribution in [1.29, 1.82) is 0 Å². The molecular weight excluding hydrogens is 226 g/mol. The highest BCUT2D eigenvalue weighted by Crippen LogP contribution is 2.20. The average Bonchev–Trinajstić information content (AvgIpc) is 2.30. The van der Waals surface area contributed by atoms with Crippen molar-refractivity contribution in [3.8, 4) is 0 Å². The fraction of sp³-hybridized carbons (Fsp3) is 0.692. The first-order valence-corrected chi connectivity index (χ1v) is 6.44. The lowest BCUT2D eigenvalue weighted by Crippen LogP contribution is -2.30. The summed E-state index contributed by atoms with van der Waals surface area (Å²) in [6.45, 7) is 7.24. The molecule has 0 spiro atoms. The fourth-order valence-corrected chi connectivity index (χ4v) is 1.93. The topological polar surface area (TPSA) is 53.1 Å². The monoisotopic (exact) mass is 251 g/mol. The molecule has 2 N–H and O–H groups in total. The van der Waals surface area contributed by atoms with Crippen LogP contribution in [0.4, 0.5) is 11.6 Å². The Morgan fingerprint density at radius 2 is 1.83 bits per heavy atom. The lowest BCUT2D eigenvalue weighted by atomic mass is 10.2. The van der Waals surface area contributed by atoms with Crippen molar-refractivity contribution in [2.75, 3.05) is 38.3 Å². The molecule has 0 radical (unpaired) electrons. The van der Waals surface area contributed by atoms with Crippen LogP contribution in [0.15, 0.2) is 0 Å². The fourth-order valence-electron chi connectivity index (χ4n) is 1.93. The number of hydrogen-bond acceptors (Lipinski definition) is 5. The van der Waals surface area contributed by atoms with E-state index in [1.54, 1.807) is 0 Å². The predicted octanol–water partition coefficient (Wildman–Crippen LogP) is 1.75. The van der Waals surface area contributed by atoms with Gasteiger partial charge in [-0.3, -0.25) is 0 Å².